The van der Waals surface area contributed by atoms with Crippen LogP contribution >= 0.6 is 0 Å². The highest BCUT2D eigenvalue weighted by Crippen LogP contribution is 2.21. The lowest BCUT2D eigenvalue weighted by atomic mass is 10.0. The van der Waals surface area contributed by atoms with Gasteiger partial charge in [0, 0.05) is 30.4 Å². The van der Waals surface area contributed by atoms with Crippen molar-refractivity contribution in [3.63, 3.8) is 0 Å². The summed E-state index contributed by atoms with van der Waals surface area (Å²) in [6.45, 7) is 1.68. The van der Waals surface area contributed by atoms with Gasteiger partial charge in [-0.3, -0.25) is 0 Å². The molecule has 1 amide bonds. The number of ether oxygens (including phenoxy) is 1. The Morgan fingerprint density at radius 3 is 2.54 bits per heavy atom. The van der Waals surface area contributed by atoms with Crippen LogP contribution in [0.15, 0.2) is 65.4 Å². The number of amides is 1. The number of nitrogens with one attached hydrogen (secondary N) is 1. The molecule has 144 valence electrons. The molecule has 2 heterocycles. The van der Waals surface area contributed by atoms with Gasteiger partial charge in [0.15, 0.2) is 0 Å². The fraction of sp³-hybridized carbons (Fsp3) is 0.286. The SMILES string of the molecule is O=C(OCc1ccccc1)N1CCC(Nc2ccc(-c3nnco3)cc2)CC1. The first-order valence-electron chi connectivity index (χ1n) is 9.37. The number of likely N-dealkylation sites (tertiary alicyclic amines) is 1. The summed E-state index contributed by atoms with van der Waals surface area (Å²) >= 11 is 0. The average Bonchev–Trinajstić information content (AvgIpc) is 3.29. The highest BCUT2D eigenvalue weighted by atomic mass is 16.6. The van der Waals surface area contributed by atoms with Crippen LogP contribution in [0.5, 0.6) is 0 Å². The molecule has 3 aromatic rings. The van der Waals surface area contributed by atoms with E-state index in [1.807, 2.05) is 54.6 Å². The molecule has 0 spiro atoms. The molecule has 0 aliphatic carbocycles. The van der Waals surface area contributed by atoms with Crippen LogP contribution in [-0.2, 0) is 11.3 Å². The van der Waals surface area contributed by atoms with Gasteiger partial charge in [-0.25, -0.2) is 4.79 Å². The van der Waals surface area contributed by atoms with Crippen molar-refractivity contribution in [3.8, 4) is 11.5 Å². The number of carbonyl (C=O) groups excluding carboxylic acids is 1. The van der Waals surface area contributed by atoms with E-state index >= 15 is 0 Å². The maximum absolute atomic E-state index is 12.2. The molecule has 0 radical (unpaired) electrons. The van der Waals surface area contributed by atoms with Crippen LogP contribution in [0.4, 0.5) is 10.5 Å². The molecule has 4 rings (SSSR count). The Kier molecular flexibility index (Phi) is 5.51. The van der Waals surface area contributed by atoms with E-state index in [-0.39, 0.29) is 6.09 Å². The molecule has 1 saturated heterocycles. The first-order valence-corrected chi connectivity index (χ1v) is 9.37. The zero-order chi connectivity index (χ0) is 19.2. The lowest BCUT2D eigenvalue weighted by molar-refractivity contribution is 0.0882. The Morgan fingerprint density at radius 1 is 1.11 bits per heavy atom. The van der Waals surface area contributed by atoms with Crippen molar-refractivity contribution >= 4 is 11.8 Å². The minimum atomic E-state index is -0.244. The van der Waals surface area contributed by atoms with Crippen LogP contribution in [0, 0.1) is 0 Å². The molecule has 0 bridgehead atoms. The zero-order valence-corrected chi connectivity index (χ0v) is 15.5. The second-order valence-corrected chi connectivity index (χ2v) is 6.77. The fourth-order valence-corrected chi connectivity index (χ4v) is 3.26. The van der Waals surface area contributed by atoms with Gasteiger partial charge in [-0.15, -0.1) is 10.2 Å². The van der Waals surface area contributed by atoms with Crippen molar-refractivity contribution in [2.45, 2.75) is 25.5 Å². The van der Waals surface area contributed by atoms with E-state index in [9.17, 15) is 4.79 Å². The van der Waals surface area contributed by atoms with Crippen LogP contribution < -0.4 is 5.32 Å². The Labute approximate surface area is 163 Å². The van der Waals surface area contributed by atoms with E-state index in [1.165, 1.54) is 6.39 Å². The second-order valence-electron chi connectivity index (χ2n) is 6.77. The lowest BCUT2D eigenvalue weighted by Crippen LogP contribution is -2.42. The molecule has 7 nitrogen and oxygen atoms in total. The van der Waals surface area contributed by atoms with E-state index in [4.69, 9.17) is 9.15 Å². The van der Waals surface area contributed by atoms with Gasteiger partial charge in [-0.05, 0) is 42.7 Å². The molecule has 2 aromatic carbocycles. The van der Waals surface area contributed by atoms with E-state index in [0.29, 0.717) is 31.6 Å². The molecule has 0 unspecified atom stereocenters. The van der Waals surface area contributed by atoms with Crippen LogP contribution in [0.25, 0.3) is 11.5 Å². The molecule has 1 aromatic heterocycles. The van der Waals surface area contributed by atoms with Crippen molar-refractivity contribution in [3.05, 3.63) is 66.6 Å². The summed E-state index contributed by atoms with van der Waals surface area (Å²) in [4.78, 5) is 14.0. The number of benzene rings is 2. The van der Waals surface area contributed by atoms with Gasteiger partial charge in [-0.2, -0.15) is 0 Å². The van der Waals surface area contributed by atoms with Crippen molar-refractivity contribution in [2.75, 3.05) is 18.4 Å². The number of hydrogen-bond acceptors (Lipinski definition) is 6. The monoisotopic (exact) mass is 378 g/mol. The quantitative estimate of drug-likeness (QED) is 0.724. The average molecular weight is 378 g/mol. The maximum atomic E-state index is 12.2. The molecular formula is C21H22N4O3. The fourth-order valence-electron chi connectivity index (χ4n) is 3.26. The van der Waals surface area contributed by atoms with Crippen LogP contribution in [0.2, 0.25) is 0 Å². The molecule has 1 fully saturated rings. The van der Waals surface area contributed by atoms with Gasteiger partial charge in [0.05, 0.1) is 0 Å². The number of nitrogens with zero attached hydrogens (tertiary/aromatic N) is 3. The number of anilines is 1. The summed E-state index contributed by atoms with van der Waals surface area (Å²) in [5.41, 5.74) is 2.92. The summed E-state index contributed by atoms with van der Waals surface area (Å²) in [5.74, 6) is 0.508. The molecule has 1 aliphatic rings. The lowest BCUT2D eigenvalue weighted by Gasteiger charge is -2.32. The van der Waals surface area contributed by atoms with Gasteiger partial charge in [0.25, 0.3) is 0 Å². The van der Waals surface area contributed by atoms with E-state index in [2.05, 4.69) is 15.5 Å². The first-order chi connectivity index (χ1) is 13.8. The smallest absolute Gasteiger partial charge is 0.410 e. The summed E-state index contributed by atoms with van der Waals surface area (Å²) in [6, 6.07) is 18.0. The highest BCUT2D eigenvalue weighted by molar-refractivity contribution is 5.67. The first kappa shape index (κ1) is 18.0. The Bertz CT molecular complexity index is 874. The van der Waals surface area contributed by atoms with Crippen molar-refractivity contribution in [1.29, 1.82) is 0 Å². The maximum Gasteiger partial charge on any atom is 0.410 e. The van der Waals surface area contributed by atoms with Crippen LogP contribution in [0.1, 0.15) is 18.4 Å². The molecular weight excluding hydrogens is 356 g/mol. The molecule has 7 heteroatoms. The van der Waals surface area contributed by atoms with Gasteiger partial charge >= 0.3 is 6.09 Å². The van der Waals surface area contributed by atoms with Crippen LogP contribution in [-0.4, -0.2) is 40.3 Å². The highest BCUT2D eigenvalue weighted by Gasteiger charge is 2.23. The van der Waals surface area contributed by atoms with Gasteiger partial charge < -0.3 is 19.4 Å². The van der Waals surface area contributed by atoms with Crippen molar-refractivity contribution in [1.82, 2.24) is 15.1 Å². The number of hydrogen-bond donors (Lipinski definition) is 1. The van der Waals surface area contributed by atoms with Gasteiger partial charge in [0.1, 0.15) is 6.61 Å². The Balaban J connectivity index is 1.23. The number of aromatic nitrogens is 2. The molecule has 1 N–H and O–H groups in total. The molecule has 1 aliphatic heterocycles. The predicted molar refractivity (Wildman–Crippen MR) is 105 cm³/mol. The van der Waals surface area contributed by atoms with Crippen molar-refractivity contribution < 1.29 is 13.9 Å². The number of rotatable bonds is 5. The summed E-state index contributed by atoms with van der Waals surface area (Å²) in [6.07, 6.45) is 2.84. The zero-order valence-electron chi connectivity index (χ0n) is 15.5. The van der Waals surface area contributed by atoms with Crippen molar-refractivity contribution in [2.24, 2.45) is 0 Å². The largest absolute Gasteiger partial charge is 0.445 e. The minimum Gasteiger partial charge on any atom is -0.445 e. The summed E-state index contributed by atoms with van der Waals surface area (Å²) < 4.78 is 10.6. The third-order valence-corrected chi connectivity index (χ3v) is 4.82. The van der Waals surface area contributed by atoms with E-state index in [1.54, 1.807) is 4.90 Å². The summed E-state index contributed by atoms with van der Waals surface area (Å²) in [7, 11) is 0. The van der Waals surface area contributed by atoms with Gasteiger partial charge in [0.2, 0.25) is 12.3 Å². The number of piperidine rings is 1. The summed E-state index contributed by atoms with van der Waals surface area (Å²) in [5, 5.41) is 11.1. The predicted octanol–water partition coefficient (Wildman–Crippen LogP) is 3.95. The number of carbonyl (C=O) groups is 1. The van der Waals surface area contributed by atoms with Gasteiger partial charge in [-0.1, -0.05) is 30.3 Å². The Hall–Kier alpha value is -3.35. The van der Waals surface area contributed by atoms with E-state index in [0.717, 1.165) is 29.7 Å². The standard InChI is InChI=1S/C21H22N4O3/c26-21(27-14-16-4-2-1-3-5-16)25-12-10-19(11-13-25)23-18-8-6-17(7-9-18)20-24-22-15-28-20/h1-9,15,19,23H,10-14H2. The third-order valence-electron chi connectivity index (χ3n) is 4.82. The van der Waals surface area contributed by atoms with E-state index < -0.39 is 0 Å². The normalized spacial score (nSPS) is 14.6. The van der Waals surface area contributed by atoms with Crippen LogP contribution in [0.3, 0.4) is 0 Å². The second kappa shape index (κ2) is 8.56. The third kappa shape index (κ3) is 4.49. The molecule has 0 saturated carbocycles. The minimum absolute atomic E-state index is 0.244. The topological polar surface area (TPSA) is 80.5 Å². The Morgan fingerprint density at radius 2 is 1.86 bits per heavy atom. The molecule has 28 heavy (non-hydrogen) atoms. The molecule has 0 atom stereocenters.